The lowest BCUT2D eigenvalue weighted by Crippen LogP contribution is -2.44. The Morgan fingerprint density at radius 1 is 1.25 bits per heavy atom. The van der Waals surface area contributed by atoms with Crippen LogP contribution in [0.3, 0.4) is 0 Å². The van der Waals surface area contributed by atoms with E-state index in [1.54, 1.807) is 11.8 Å². The van der Waals surface area contributed by atoms with Gasteiger partial charge >= 0.3 is 0 Å². The van der Waals surface area contributed by atoms with Crippen molar-refractivity contribution >= 4 is 41.8 Å². The van der Waals surface area contributed by atoms with Crippen molar-refractivity contribution in [2.24, 2.45) is 7.05 Å². The third kappa shape index (κ3) is 4.70. The van der Waals surface area contributed by atoms with Gasteiger partial charge in [0.1, 0.15) is 0 Å². The molecule has 0 saturated carbocycles. The van der Waals surface area contributed by atoms with E-state index >= 15 is 0 Å². The number of hydrogen-bond donors (Lipinski definition) is 1. The van der Waals surface area contributed by atoms with Crippen LogP contribution in [-0.4, -0.2) is 58.9 Å². The van der Waals surface area contributed by atoms with Crippen LogP contribution in [-0.2, 0) is 18.3 Å². The minimum Gasteiger partial charge on any atom is -0.479 e. The van der Waals surface area contributed by atoms with E-state index in [4.69, 9.17) is 9.72 Å². The number of nitrogens with one attached hydrogen (secondary N) is 1. The molecule has 0 aromatic carbocycles. The molecule has 0 atom stereocenters. The number of aryl methyl sites for hydroxylation is 3. The number of nitrogens with zero attached hydrogens (tertiary/aromatic N) is 4. The van der Waals surface area contributed by atoms with Crippen molar-refractivity contribution in [2.75, 3.05) is 27.2 Å². The van der Waals surface area contributed by atoms with Crippen LogP contribution >= 0.6 is 24.8 Å². The summed E-state index contributed by atoms with van der Waals surface area (Å²) in [6.45, 7) is 5.76. The fourth-order valence-electron chi connectivity index (χ4n) is 3.91. The van der Waals surface area contributed by atoms with E-state index in [1.165, 1.54) is 0 Å². The lowest BCUT2D eigenvalue weighted by molar-refractivity contribution is -0.132. The molecule has 3 rings (SSSR count). The number of methoxy groups -OCH3 is 1. The lowest BCUT2D eigenvalue weighted by atomic mass is 9.99. The van der Waals surface area contributed by atoms with E-state index < -0.39 is 0 Å². The van der Waals surface area contributed by atoms with E-state index in [0.717, 1.165) is 53.8 Å². The number of likely N-dealkylation sites (tertiary alicyclic amines) is 1. The molecule has 0 bridgehead atoms. The standard InChI is InChI=1S/C19H29N5O2.2ClH/c1-12-15(6-7-16(25)24-10-8-14(20-3)9-11-24)13(2)21-18-17(12)19(26-5)22-23(18)4;;/h14,20H,6-11H2,1-5H3;2*1H. The molecule has 28 heavy (non-hydrogen) atoms. The summed E-state index contributed by atoms with van der Waals surface area (Å²) in [4.78, 5) is 19.3. The molecule has 1 amide bonds. The third-order valence-corrected chi connectivity index (χ3v) is 5.56. The summed E-state index contributed by atoms with van der Waals surface area (Å²) in [6, 6.07) is 0.535. The number of amides is 1. The molecule has 1 fully saturated rings. The summed E-state index contributed by atoms with van der Waals surface area (Å²) in [6.07, 6.45) is 3.27. The topological polar surface area (TPSA) is 72.3 Å². The van der Waals surface area contributed by atoms with E-state index in [0.29, 0.717) is 24.8 Å². The molecule has 1 N–H and O–H groups in total. The predicted molar refractivity (Wildman–Crippen MR) is 116 cm³/mol. The summed E-state index contributed by atoms with van der Waals surface area (Å²) in [7, 11) is 5.48. The highest BCUT2D eigenvalue weighted by Crippen LogP contribution is 2.30. The first-order valence-electron chi connectivity index (χ1n) is 9.28. The maximum absolute atomic E-state index is 12.6. The van der Waals surface area contributed by atoms with Gasteiger partial charge < -0.3 is 15.0 Å². The van der Waals surface area contributed by atoms with Gasteiger partial charge in [-0.3, -0.25) is 4.79 Å². The minimum atomic E-state index is 0. The molecule has 0 unspecified atom stereocenters. The van der Waals surface area contributed by atoms with Crippen LogP contribution < -0.4 is 10.1 Å². The van der Waals surface area contributed by atoms with Gasteiger partial charge in [0.15, 0.2) is 5.65 Å². The number of ether oxygens (including phenoxy) is 1. The summed E-state index contributed by atoms with van der Waals surface area (Å²) in [5.74, 6) is 0.825. The molecule has 0 spiro atoms. The van der Waals surface area contributed by atoms with Crippen molar-refractivity contribution in [3.63, 3.8) is 0 Å². The Bertz CT molecular complexity index is 816. The van der Waals surface area contributed by atoms with E-state index in [-0.39, 0.29) is 30.7 Å². The van der Waals surface area contributed by atoms with Gasteiger partial charge in [-0.25, -0.2) is 9.67 Å². The SMILES string of the molecule is CNC1CCN(C(=O)CCc2c(C)nc3c(c(OC)nn3C)c2C)CC1.Cl.Cl. The van der Waals surface area contributed by atoms with Crippen LogP contribution in [0.4, 0.5) is 0 Å². The van der Waals surface area contributed by atoms with Gasteiger partial charge in [-0.1, -0.05) is 0 Å². The number of hydrogen-bond acceptors (Lipinski definition) is 5. The molecule has 1 aliphatic rings. The Hall–Kier alpha value is -1.57. The number of carbonyl (C=O) groups is 1. The van der Waals surface area contributed by atoms with E-state index in [1.807, 2.05) is 25.9 Å². The quantitative estimate of drug-likeness (QED) is 0.787. The fraction of sp³-hybridized carbons (Fsp3) is 0.632. The highest BCUT2D eigenvalue weighted by molar-refractivity contribution is 5.86. The molecule has 2 aromatic heterocycles. The van der Waals surface area contributed by atoms with Crippen molar-refractivity contribution < 1.29 is 9.53 Å². The van der Waals surface area contributed by atoms with Gasteiger partial charge in [-0.2, -0.15) is 0 Å². The molecule has 3 heterocycles. The van der Waals surface area contributed by atoms with E-state index in [9.17, 15) is 4.79 Å². The average molecular weight is 432 g/mol. The Labute approximate surface area is 179 Å². The van der Waals surface area contributed by atoms with Crippen molar-refractivity contribution in [3.8, 4) is 5.88 Å². The molecule has 0 radical (unpaired) electrons. The normalized spacial score (nSPS) is 14.5. The largest absolute Gasteiger partial charge is 0.479 e. The van der Waals surface area contributed by atoms with Gasteiger partial charge in [-0.15, -0.1) is 29.9 Å². The van der Waals surface area contributed by atoms with Gasteiger partial charge in [0.05, 0.1) is 12.5 Å². The number of carbonyl (C=O) groups excluding carboxylic acids is 1. The molecule has 1 saturated heterocycles. The van der Waals surface area contributed by atoms with Crippen LogP contribution in [0.5, 0.6) is 5.88 Å². The molecule has 158 valence electrons. The van der Waals surface area contributed by atoms with Crippen LogP contribution in [0.15, 0.2) is 0 Å². The van der Waals surface area contributed by atoms with Crippen molar-refractivity contribution in [1.82, 2.24) is 25.0 Å². The van der Waals surface area contributed by atoms with Crippen LogP contribution in [0.25, 0.3) is 11.0 Å². The smallest absolute Gasteiger partial charge is 0.242 e. The zero-order valence-corrected chi connectivity index (χ0v) is 18.9. The van der Waals surface area contributed by atoms with Gasteiger partial charge in [0, 0.05) is 38.3 Å². The second kappa shape index (κ2) is 10.3. The Morgan fingerprint density at radius 3 is 2.46 bits per heavy atom. The summed E-state index contributed by atoms with van der Waals surface area (Å²) in [5.41, 5.74) is 4.02. The highest BCUT2D eigenvalue weighted by atomic mass is 35.5. The molecular formula is C19H31Cl2N5O2. The Morgan fingerprint density at radius 2 is 1.89 bits per heavy atom. The number of fused-ring (bicyclic) bond motifs is 1. The van der Waals surface area contributed by atoms with Crippen molar-refractivity contribution in [1.29, 1.82) is 0 Å². The maximum atomic E-state index is 12.6. The number of pyridine rings is 1. The fourth-order valence-corrected chi connectivity index (χ4v) is 3.91. The number of aromatic nitrogens is 3. The summed E-state index contributed by atoms with van der Waals surface area (Å²) in [5, 5.41) is 8.63. The lowest BCUT2D eigenvalue weighted by Gasteiger charge is -2.32. The molecule has 1 aliphatic heterocycles. The Balaban J connectivity index is 0.00000196. The van der Waals surface area contributed by atoms with Crippen molar-refractivity contribution in [3.05, 3.63) is 16.8 Å². The molecule has 9 heteroatoms. The predicted octanol–water partition coefficient (Wildman–Crippen LogP) is 2.58. The first-order chi connectivity index (χ1) is 12.5. The number of halogens is 2. The second-order valence-corrected chi connectivity index (χ2v) is 7.08. The van der Waals surface area contributed by atoms with Crippen LogP contribution in [0, 0.1) is 13.8 Å². The highest BCUT2D eigenvalue weighted by Gasteiger charge is 2.23. The maximum Gasteiger partial charge on any atom is 0.242 e. The second-order valence-electron chi connectivity index (χ2n) is 7.08. The van der Waals surface area contributed by atoms with Gasteiger partial charge in [0.25, 0.3) is 0 Å². The van der Waals surface area contributed by atoms with E-state index in [2.05, 4.69) is 17.3 Å². The molecule has 0 aliphatic carbocycles. The first-order valence-corrected chi connectivity index (χ1v) is 9.28. The minimum absolute atomic E-state index is 0. The zero-order valence-electron chi connectivity index (χ0n) is 17.2. The molecular weight excluding hydrogens is 401 g/mol. The van der Waals surface area contributed by atoms with Gasteiger partial charge in [0.2, 0.25) is 11.8 Å². The molecule has 7 nitrogen and oxygen atoms in total. The monoisotopic (exact) mass is 431 g/mol. The summed E-state index contributed by atoms with van der Waals surface area (Å²) >= 11 is 0. The average Bonchev–Trinajstić information content (AvgIpc) is 2.97. The number of rotatable bonds is 5. The third-order valence-electron chi connectivity index (χ3n) is 5.56. The Kier molecular flexibility index (Phi) is 8.98. The van der Waals surface area contributed by atoms with Gasteiger partial charge in [-0.05, 0) is 51.3 Å². The van der Waals surface area contributed by atoms with Crippen LogP contribution in [0.2, 0.25) is 0 Å². The summed E-state index contributed by atoms with van der Waals surface area (Å²) < 4.78 is 7.16. The zero-order chi connectivity index (χ0) is 18.8. The first kappa shape index (κ1) is 24.5. The number of piperidine rings is 1. The van der Waals surface area contributed by atoms with Crippen molar-refractivity contribution in [2.45, 2.75) is 45.6 Å². The van der Waals surface area contributed by atoms with Crippen LogP contribution in [0.1, 0.15) is 36.1 Å². The molecule has 2 aromatic rings.